The van der Waals surface area contributed by atoms with Crippen LogP contribution in [0.3, 0.4) is 0 Å². The Balaban J connectivity index is 1.91. The summed E-state index contributed by atoms with van der Waals surface area (Å²) in [6.45, 7) is 7.73. The zero-order chi connectivity index (χ0) is 15.9. The predicted octanol–water partition coefficient (Wildman–Crippen LogP) is 3.11. The van der Waals surface area contributed by atoms with Gasteiger partial charge in [-0.15, -0.1) is 0 Å². The molecule has 0 saturated carbocycles. The summed E-state index contributed by atoms with van der Waals surface area (Å²) in [5.74, 6) is 0.815. The first-order chi connectivity index (χ1) is 10.7. The molecule has 0 bridgehead atoms. The molecular formula is C18H29N3O. The van der Waals surface area contributed by atoms with Crippen LogP contribution in [0.4, 0.5) is 0 Å². The molecule has 1 aliphatic rings. The van der Waals surface area contributed by atoms with E-state index in [0.717, 1.165) is 44.5 Å². The highest BCUT2D eigenvalue weighted by Crippen LogP contribution is 2.26. The van der Waals surface area contributed by atoms with E-state index in [4.69, 9.17) is 0 Å². The molecule has 1 aromatic heterocycles. The van der Waals surface area contributed by atoms with Gasteiger partial charge in [0.1, 0.15) is 0 Å². The summed E-state index contributed by atoms with van der Waals surface area (Å²) >= 11 is 0. The van der Waals surface area contributed by atoms with Crippen molar-refractivity contribution in [2.45, 2.75) is 45.6 Å². The maximum atomic E-state index is 12.6. The lowest BCUT2D eigenvalue weighted by Crippen LogP contribution is -2.37. The summed E-state index contributed by atoms with van der Waals surface area (Å²) in [5.41, 5.74) is 1.13. The number of amides is 1. The van der Waals surface area contributed by atoms with E-state index in [1.54, 1.807) is 6.20 Å². The minimum Gasteiger partial charge on any atom is -0.339 e. The Bertz CT molecular complexity index is 455. The van der Waals surface area contributed by atoms with Gasteiger partial charge in [-0.1, -0.05) is 19.9 Å². The van der Waals surface area contributed by atoms with Crippen LogP contribution in [0.15, 0.2) is 24.5 Å². The first-order valence-corrected chi connectivity index (χ1v) is 8.53. The fourth-order valence-corrected chi connectivity index (χ4v) is 3.38. The maximum Gasteiger partial charge on any atom is 0.223 e. The van der Waals surface area contributed by atoms with Gasteiger partial charge in [0.15, 0.2) is 0 Å². The molecule has 0 N–H and O–H groups in total. The molecule has 1 aromatic rings. The van der Waals surface area contributed by atoms with E-state index in [1.807, 2.05) is 24.2 Å². The summed E-state index contributed by atoms with van der Waals surface area (Å²) in [6.07, 6.45) is 7.55. The second-order valence-electron chi connectivity index (χ2n) is 6.30. The third kappa shape index (κ3) is 4.29. The molecule has 1 atom stereocenters. The van der Waals surface area contributed by atoms with Gasteiger partial charge in [-0.05, 0) is 56.4 Å². The molecule has 4 heteroatoms. The highest BCUT2D eigenvalue weighted by atomic mass is 16.2. The number of aromatic nitrogens is 1. The molecule has 1 fully saturated rings. The first-order valence-electron chi connectivity index (χ1n) is 8.53. The van der Waals surface area contributed by atoms with Gasteiger partial charge in [-0.3, -0.25) is 9.78 Å². The number of carbonyl (C=O) groups is 1. The molecule has 1 saturated heterocycles. The molecule has 0 radical (unpaired) electrons. The van der Waals surface area contributed by atoms with E-state index in [1.165, 1.54) is 0 Å². The molecule has 0 aliphatic carbocycles. The Labute approximate surface area is 134 Å². The Morgan fingerprint density at radius 3 is 2.68 bits per heavy atom. The zero-order valence-electron chi connectivity index (χ0n) is 14.2. The monoisotopic (exact) mass is 303 g/mol. The quantitative estimate of drug-likeness (QED) is 0.810. The van der Waals surface area contributed by atoms with Gasteiger partial charge >= 0.3 is 0 Å². The largest absolute Gasteiger partial charge is 0.339 e. The van der Waals surface area contributed by atoms with Crippen molar-refractivity contribution < 1.29 is 4.79 Å². The second-order valence-corrected chi connectivity index (χ2v) is 6.30. The smallest absolute Gasteiger partial charge is 0.223 e. The maximum absolute atomic E-state index is 12.6. The molecule has 4 nitrogen and oxygen atoms in total. The number of piperidine rings is 1. The third-order valence-electron chi connectivity index (χ3n) is 4.93. The van der Waals surface area contributed by atoms with E-state index >= 15 is 0 Å². The molecular weight excluding hydrogens is 274 g/mol. The van der Waals surface area contributed by atoms with E-state index in [9.17, 15) is 4.79 Å². The average Bonchev–Trinajstić information content (AvgIpc) is 2.57. The van der Waals surface area contributed by atoms with Crippen molar-refractivity contribution in [1.29, 1.82) is 0 Å². The van der Waals surface area contributed by atoms with Crippen LogP contribution >= 0.6 is 0 Å². The molecule has 2 rings (SSSR count). The summed E-state index contributed by atoms with van der Waals surface area (Å²) in [4.78, 5) is 21.2. The van der Waals surface area contributed by atoms with Crippen LogP contribution in [-0.4, -0.2) is 47.4 Å². The second kappa shape index (κ2) is 8.28. The van der Waals surface area contributed by atoms with Gasteiger partial charge < -0.3 is 9.80 Å². The lowest BCUT2D eigenvalue weighted by Gasteiger charge is -2.33. The van der Waals surface area contributed by atoms with Crippen LogP contribution in [0.2, 0.25) is 0 Å². The fraction of sp³-hybridized carbons (Fsp3) is 0.667. The van der Waals surface area contributed by atoms with Crippen LogP contribution < -0.4 is 0 Å². The van der Waals surface area contributed by atoms with Gasteiger partial charge in [-0.25, -0.2) is 0 Å². The Morgan fingerprint density at radius 2 is 2.14 bits per heavy atom. The highest BCUT2D eigenvalue weighted by Gasteiger charge is 2.25. The lowest BCUT2D eigenvalue weighted by molar-refractivity contribution is -0.133. The van der Waals surface area contributed by atoms with Crippen molar-refractivity contribution in [3.8, 4) is 0 Å². The van der Waals surface area contributed by atoms with Crippen molar-refractivity contribution in [3.63, 3.8) is 0 Å². The summed E-state index contributed by atoms with van der Waals surface area (Å²) in [5, 5.41) is 0. The number of nitrogens with zero attached hydrogens (tertiary/aromatic N) is 3. The summed E-state index contributed by atoms with van der Waals surface area (Å²) in [6, 6.07) is 4.14. The standard InChI is InChI=1S/C18H29N3O/c1-4-17(16-7-6-10-19-14-16)20(3)18(22)13-15-8-11-21(5-2)12-9-15/h6-7,10,14-15,17H,4-5,8-9,11-13H2,1-3H3/t17-/m0/s1. The van der Waals surface area contributed by atoms with Crippen molar-refractivity contribution >= 4 is 5.91 Å². The van der Waals surface area contributed by atoms with Gasteiger partial charge in [0, 0.05) is 25.9 Å². The van der Waals surface area contributed by atoms with Crippen molar-refractivity contribution in [2.24, 2.45) is 5.92 Å². The number of carbonyl (C=O) groups excluding carboxylic acids is 1. The molecule has 122 valence electrons. The van der Waals surface area contributed by atoms with Gasteiger partial charge in [-0.2, -0.15) is 0 Å². The average molecular weight is 303 g/mol. The van der Waals surface area contributed by atoms with Crippen LogP contribution in [0, 0.1) is 5.92 Å². The summed E-state index contributed by atoms with van der Waals surface area (Å²) in [7, 11) is 1.94. The van der Waals surface area contributed by atoms with Gasteiger partial charge in [0.2, 0.25) is 5.91 Å². The van der Waals surface area contributed by atoms with E-state index < -0.39 is 0 Å². The van der Waals surface area contributed by atoms with Crippen LogP contribution in [0.1, 0.15) is 51.1 Å². The summed E-state index contributed by atoms with van der Waals surface area (Å²) < 4.78 is 0. The van der Waals surface area contributed by atoms with E-state index in [-0.39, 0.29) is 11.9 Å². The lowest BCUT2D eigenvalue weighted by atomic mass is 9.92. The predicted molar refractivity (Wildman–Crippen MR) is 89.5 cm³/mol. The number of hydrogen-bond acceptors (Lipinski definition) is 3. The van der Waals surface area contributed by atoms with Crippen molar-refractivity contribution in [1.82, 2.24) is 14.8 Å². The molecule has 0 spiro atoms. The Hall–Kier alpha value is -1.42. The number of rotatable bonds is 6. The van der Waals surface area contributed by atoms with Crippen LogP contribution in [0.5, 0.6) is 0 Å². The van der Waals surface area contributed by atoms with Crippen LogP contribution in [0.25, 0.3) is 0 Å². The van der Waals surface area contributed by atoms with Crippen LogP contribution in [-0.2, 0) is 4.79 Å². The van der Waals surface area contributed by atoms with Gasteiger partial charge in [0.05, 0.1) is 6.04 Å². The number of pyridine rings is 1. The van der Waals surface area contributed by atoms with Crippen molar-refractivity contribution in [2.75, 3.05) is 26.7 Å². The minimum atomic E-state index is 0.136. The SMILES string of the molecule is CC[C@@H](c1cccnc1)N(C)C(=O)CC1CCN(CC)CC1. The van der Waals surface area contributed by atoms with Crippen molar-refractivity contribution in [3.05, 3.63) is 30.1 Å². The highest BCUT2D eigenvalue weighted by molar-refractivity contribution is 5.76. The first kappa shape index (κ1) is 16.9. The zero-order valence-corrected chi connectivity index (χ0v) is 14.2. The van der Waals surface area contributed by atoms with Gasteiger partial charge in [0.25, 0.3) is 0 Å². The van der Waals surface area contributed by atoms with E-state index in [2.05, 4.69) is 29.8 Å². The number of likely N-dealkylation sites (tertiary alicyclic amines) is 1. The minimum absolute atomic E-state index is 0.136. The Morgan fingerprint density at radius 1 is 1.41 bits per heavy atom. The number of hydrogen-bond donors (Lipinski definition) is 0. The molecule has 0 unspecified atom stereocenters. The topological polar surface area (TPSA) is 36.4 Å². The Kier molecular flexibility index (Phi) is 6.37. The van der Waals surface area contributed by atoms with E-state index in [0.29, 0.717) is 12.3 Å². The molecule has 1 amide bonds. The molecule has 1 aliphatic heterocycles. The normalized spacial score (nSPS) is 18.1. The molecule has 0 aromatic carbocycles. The molecule has 2 heterocycles. The third-order valence-corrected chi connectivity index (χ3v) is 4.93. The fourth-order valence-electron chi connectivity index (χ4n) is 3.38. The molecule has 22 heavy (non-hydrogen) atoms.